The molecule has 1 amide bonds. The highest BCUT2D eigenvalue weighted by molar-refractivity contribution is 9.10. The summed E-state index contributed by atoms with van der Waals surface area (Å²) >= 11 is 3.42. The molecule has 0 bridgehead atoms. The Bertz CT molecular complexity index is 1280. The van der Waals surface area contributed by atoms with Crippen molar-refractivity contribution in [3.63, 3.8) is 0 Å². The van der Waals surface area contributed by atoms with Crippen LogP contribution in [0.3, 0.4) is 0 Å². The van der Waals surface area contributed by atoms with Crippen LogP contribution in [0.4, 0.5) is 5.69 Å². The van der Waals surface area contributed by atoms with Crippen LogP contribution in [-0.4, -0.2) is 5.91 Å². The number of nitriles is 2. The number of carbonyl (C=O) groups excluding carboxylic acids is 1. The molecular formula is C26H20BrN3O2. The molecule has 0 spiro atoms. The molecule has 0 atom stereocenters. The average Bonchev–Trinajstić information content (AvgIpc) is 2.79. The van der Waals surface area contributed by atoms with Crippen LogP contribution in [-0.2, 0) is 11.4 Å². The van der Waals surface area contributed by atoms with Gasteiger partial charge in [-0.15, -0.1) is 0 Å². The monoisotopic (exact) mass is 485 g/mol. The summed E-state index contributed by atoms with van der Waals surface area (Å²) in [5.41, 5.74) is 4.38. The third-order valence-corrected chi connectivity index (χ3v) is 5.29. The SMILES string of the molecule is Cc1ccc(C)c(NC(=O)/C(C#N)=C/c2cc(Br)ccc2OCc2ccccc2C#N)c1. The van der Waals surface area contributed by atoms with Gasteiger partial charge in [-0.2, -0.15) is 10.5 Å². The lowest BCUT2D eigenvalue weighted by Gasteiger charge is -2.12. The van der Waals surface area contributed by atoms with E-state index in [1.807, 2.05) is 56.3 Å². The summed E-state index contributed by atoms with van der Waals surface area (Å²) in [4.78, 5) is 12.8. The van der Waals surface area contributed by atoms with Gasteiger partial charge in [-0.25, -0.2) is 0 Å². The third kappa shape index (κ3) is 5.63. The number of amides is 1. The van der Waals surface area contributed by atoms with Gasteiger partial charge in [0.05, 0.1) is 11.6 Å². The first-order valence-electron chi connectivity index (χ1n) is 9.82. The normalized spacial score (nSPS) is 10.7. The van der Waals surface area contributed by atoms with Crippen molar-refractivity contribution in [2.45, 2.75) is 20.5 Å². The molecule has 0 saturated heterocycles. The Labute approximate surface area is 195 Å². The van der Waals surface area contributed by atoms with Gasteiger partial charge in [0.1, 0.15) is 24.0 Å². The van der Waals surface area contributed by atoms with Crippen molar-refractivity contribution < 1.29 is 9.53 Å². The van der Waals surface area contributed by atoms with Crippen molar-refractivity contribution in [2.24, 2.45) is 0 Å². The van der Waals surface area contributed by atoms with Gasteiger partial charge in [0.2, 0.25) is 0 Å². The first-order valence-corrected chi connectivity index (χ1v) is 10.6. The van der Waals surface area contributed by atoms with Crippen molar-refractivity contribution in [3.05, 3.63) is 98.5 Å². The standard InChI is InChI=1S/C26H20BrN3O2/c1-17-7-8-18(2)24(11-17)30-26(31)22(15-29)12-21-13-23(27)9-10-25(21)32-16-20-6-4-3-5-19(20)14-28/h3-13H,16H2,1-2H3,(H,30,31)/b22-12+. The molecule has 0 aliphatic carbocycles. The molecule has 32 heavy (non-hydrogen) atoms. The fourth-order valence-electron chi connectivity index (χ4n) is 3.04. The van der Waals surface area contributed by atoms with Gasteiger partial charge in [0.25, 0.3) is 5.91 Å². The van der Waals surface area contributed by atoms with E-state index in [1.165, 1.54) is 6.08 Å². The molecule has 0 fully saturated rings. The summed E-state index contributed by atoms with van der Waals surface area (Å²) in [6.07, 6.45) is 1.50. The van der Waals surface area contributed by atoms with E-state index >= 15 is 0 Å². The number of halogens is 1. The number of benzene rings is 3. The van der Waals surface area contributed by atoms with E-state index in [0.717, 1.165) is 21.2 Å². The Morgan fingerprint density at radius 2 is 1.88 bits per heavy atom. The topological polar surface area (TPSA) is 85.9 Å². The van der Waals surface area contributed by atoms with Crippen LogP contribution in [0.25, 0.3) is 6.08 Å². The molecule has 0 aliphatic heterocycles. The van der Waals surface area contributed by atoms with Gasteiger partial charge >= 0.3 is 0 Å². The first kappa shape index (κ1) is 22.8. The maximum Gasteiger partial charge on any atom is 0.266 e. The lowest BCUT2D eigenvalue weighted by atomic mass is 10.1. The van der Waals surface area contributed by atoms with Crippen LogP contribution in [0.15, 0.2) is 70.7 Å². The second-order valence-corrected chi connectivity index (χ2v) is 8.10. The number of rotatable bonds is 6. The van der Waals surface area contributed by atoms with Crippen molar-refractivity contribution in [1.29, 1.82) is 10.5 Å². The number of anilines is 1. The van der Waals surface area contributed by atoms with Gasteiger partial charge in [-0.05, 0) is 61.4 Å². The van der Waals surface area contributed by atoms with E-state index in [1.54, 1.807) is 24.3 Å². The minimum atomic E-state index is -0.498. The summed E-state index contributed by atoms with van der Waals surface area (Å²) in [5, 5.41) is 21.7. The Kier molecular flexibility index (Phi) is 7.44. The maximum atomic E-state index is 12.8. The van der Waals surface area contributed by atoms with Crippen LogP contribution in [0, 0.1) is 36.5 Å². The molecule has 0 aliphatic rings. The molecule has 0 heterocycles. The van der Waals surface area contributed by atoms with E-state index in [2.05, 4.69) is 27.3 Å². The molecule has 5 nitrogen and oxygen atoms in total. The Balaban J connectivity index is 1.88. The molecule has 158 valence electrons. The van der Waals surface area contributed by atoms with E-state index in [9.17, 15) is 15.3 Å². The van der Waals surface area contributed by atoms with Crippen LogP contribution >= 0.6 is 15.9 Å². The Hall–Kier alpha value is -3.87. The minimum absolute atomic E-state index is 0.0497. The zero-order chi connectivity index (χ0) is 23.1. The van der Waals surface area contributed by atoms with Crippen molar-refractivity contribution >= 4 is 33.6 Å². The summed E-state index contributed by atoms with van der Waals surface area (Å²) in [5.74, 6) is -0.00446. The summed E-state index contributed by atoms with van der Waals surface area (Å²) < 4.78 is 6.72. The molecule has 6 heteroatoms. The van der Waals surface area contributed by atoms with E-state index in [-0.39, 0.29) is 12.2 Å². The molecule has 0 aromatic heterocycles. The zero-order valence-electron chi connectivity index (χ0n) is 17.6. The summed E-state index contributed by atoms with van der Waals surface area (Å²) in [6, 6.07) is 22.4. The lowest BCUT2D eigenvalue weighted by Crippen LogP contribution is -2.14. The van der Waals surface area contributed by atoms with Gasteiger partial charge in [-0.3, -0.25) is 4.79 Å². The quantitative estimate of drug-likeness (QED) is 0.339. The predicted molar refractivity (Wildman–Crippen MR) is 128 cm³/mol. The fraction of sp³-hybridized carbons (Fsp3) is 0.115. The largest absolute Gasteiger partial charge is 0.488 e. The number of aryl methyl sites for hydroxylation is 2. The van der Waals surface area contributed by atoms with Crippen molar-refractivity contribution in [3.8, 4) is 17.9 Å². The highest BCUT2D eigenvalue weighted by atomic mass is 79.9. The van der Waals surface area contributed by atoms with Crippen LogP contribution in [0.2, 0.25) is 0 Å². The molecule has 0 saturated carbocycles. The summed E-state index contributed by atoms with van der Waals surface area (Å²) in [7, 11) is 0. The maximum absolute atomic E-state index is 12.8. The molecule has 3 aromatic carbocycles. The van der Waals surface area contributed by atoms with Crippen molar-refractivity contribution in [2.75, 3.05) is 5.32 Å². The van der Waals surface area contributed by atoms with E-state index < -0.39 is 5.91 Å². The molecule has 3 aromatic rings. The Morgan fingerprint density at radius 3 is 2.62 bits per heavy atom. The Morgan fingerprint density at radius 1 is 1.09 bits per heavy atom. The smallest absolute Gasteiger partial charge is 0.266 e. The second-order valence-electron chi connectivity index (χ2n) is 7.18. The zero-order valence-corrected chi connectivity index (χ0v) is 19.2. The average molecular weight is 486 g/mol. The van der Waals surface area contributed by atoms with E-state index in [0.29, 0.717) is 22.6 Å². The second kappa shape index (κ2) is 10.4. The molecule has 0 radical (unpaired) electrons. The van der Waals surface area contributed by atoms with Crippen molar-refractivity contribution in [1.82, 2.24) is 0 Å². The van der Waals surface area contributed by atoms with Crippen LogP contribution in [0.1, 0.15) is 27.8 Å². The minimum Gasteiger partial charge on any atom is -0.488 e. The molecule has 3 rings (SSSR count). The van der Waals surface area contributed by atoms with Gasteiger partial charge < -0.3 is 10.1 Å². The number of hydrogen-bond acceptors (Lipinski definition) is 4. The lowest BCUT2D eigenvalue weighted by molar-refractivity contribution is -0.112. The highest BCUT2D eigenvalue weighted by Crippen LogP contribution is 2.27. The molecule has 1 N–H and O–H groups in total. The first-order chi connectivity index (χ1) is 15.4. The number of ether oxygens (including phenoxy) is 1. The predicted octanol–water partition coefficient (Wildman–Crippen LogP) is 6.06. The molecule has 0 unspecified atom stereocenters. The number of hydrogen-bond donors (Lipinski definition) is 1. The van der Waals surface area contributed by atoms with Gasteiger partial charge in [0.15, 0.2) is 0 Å². The highest BCUT2D eigenvalue weighted by Gasteiger charge is 2.13. The number of nitrogens with zero attached hydrogens (tertiary/aromatic N) is 2. The van der Waals surface area contributed by atoms with Gasteiger partial charge in [0, 0.05) is 21.3 Å². The summed E-state index contributed by atoms with van der Waals surface area (Å²) in [6.45, 7) is 4.01. The van der Waals surface area contributed by atoms with Crippen LogP contribution in [0.5, 0.6) is 5.75 Å². The number of nitrogens with one attached hydrogen (secondary N) is 1. The van der Waals surface area contributed by atoms with Crippen LogP contribution < -0.4 is 10.1 Å². The number of carbonyl (C=O) groups is 1. The van der Waals surface area contributed by atoms with E-state index in [4.69, 9.17) is 4.74 Å². The third-order valence-electron chi connectivity index (χ3n) is 4.80. The fourth-order valence-corrected chi connectivity index (χ4v) is 3.42. The molecular weight excluding hydrogens is 466 g/mol. The van der Waals surface area contributed by atoms with Gasteiger partial charge in [-0.1, -0.05) is 46.3 Å².